The van der Waals surface area contributed by atoms with E-state index in [4.69, 9.17) is 14.2 Å². The average Bonchev–Trinajstić information content (AvgIpc) is 3.76. The van der Waals surface area contributed by atoms with Gasteiger partial charge in [0.25, 0.3) is 11.8 Å². The lowest BCUT2D eigenvalue weighted by atomic mass is 9.97. The number of halogens is 1. The second-order valence-corrected chi connectivity index (χ2v) is 10.7. The number of fused-ring (bicyclic) bond motifs is 1. The van der Waals surface area contributed by atoms with Crippen LogP contribution in [-0.4, -0.2) is 85.1 Å². The van der Waals surface area contributed by atoms with Gasteiger partial charge in [-0.05, 0) is 35.2 Å². The van der Waals surface area contributed by atoms with Gasteiger partial charge in [0.1, 0.15) is 12.4 Å². The van der Waals surface area contributed by atoms with E-state index in [0.717, 1.165) is 18.7 Å². The highest BCUT2D eigenvalue weighted by Gasteiger charge is 2.36. The van der Waals surface area contributed by atoms with Gasteiger partial charge in [0, 0.05) is 38.2 Å². The van der Waals surface area contributed by atoms with Crippen molar-refractivity contribution in [1.29, 1.82) is 0 Å². The van der Waals surface area contributed by atoms with E-state index in [1.165, 1.54) is 22.4 Å². The third kappa shape index (κ3) is 5.58. The molecule has 0 N–H and O–H groups in total. The maximum Gasteiger partial charge on any atom is 0.264 e. The lowest BCUT2D eigenvalue weighted by Gasteiger charge is -2.31. The molecule has 1 atom stereocenters. The van der Waals surface area contributed by atoms with E-state index in [9.17, 15) is 14.0 Å². The van der Waals surface area contributed by atoms with E-state index in [-0.39, 0.29) is 25.2 Å². The lowest BCUT2D eigenvalue weighted by Crippen LogP contribution is -2.46. The van der Waals surface area contributed by atoms with Crippen LogP contribution in [-0.2, 0) is 9.53 Å². The first kappa shape index (κ1) is 26.4. The second kappa shape index (κ2) is 11.7. The number of benzene rings is 2. The van der Waals surface area contributed by atoms with Crippen LogP contribution in [0.25, 0.3) is 0 Å². The van der Waals surface area contributed by atoms with Gasteiger partial charge in [-0.2, -0.15) is 5.10 Å². The maximum atomic E-state index is 14.7. The number of carbonyl (C=O) groups excluding carboxylic acids is 2. The third-order valence-corrected chi connectivity index (χ3v) is 8.13. The van der Waals surface area contributed by atoms with Gasteiger partial charge in [-0.25, -0.2) is 9.40 Å². The molecule has 3 aliphatic heterocycles. The molecule has 2 amide bonds. The fraction of sp³-hybridized carbons (Fsp3) is 0.345. The summed E-state index contributed by atoms with van der Waals surface area (Å²) in [6.07, 6.45) is 0.318. The molecule has 0 spiro atoms. The summed E-state index contributed by atoms with van der Waals surface area (Å²) in [6.45, 7) is 3.85. The van der Waals surface area contributed by atoms with Gasteiger partial charge in [0.2, 0.25) is 6.79 Å². The number of hydrogen-bond donors (Lipinski definition) is 0. The van der Waals surface area contributed by atoms with Gasteiger partial charge in [-0.3, -0.25) is 14.5 Å². The van der Waals surface area contributed by atoms with Crippen molar-refractivity contribution < 1.29 is 28.2 Å². The summed E-state index contributed by atoms with van der Waals surface area (Å²) >= 11 is 1.34. The van der Waals surface area contributed by atoms with E-state index < -0.39 is 11.9 Å². The Balaban J connectivity index is 1.27. The Hall–Kier alpha value is -3.80. The molecule has 1 aromatic heterocycles. The summed E-state index contributed by atoms with van der Waals surface area (Å²) in [4.78, 5) is 31.7. The molecule has 0 unspecified atom stereocenters. The summed E-state index contributed by atoms with van der Waals surface area (Å²) < 4.78 is 31.2. The minimum absolute atomic E-state index is 0.131. The number of ether oxygens (including phenoxy) is 3. The van der Waals surface area contributed by atoms with Crippen LogP contribution in [0.1, 0.15) is 33.3 Å². The molecule has 9 nitrogen and oxygen atoms in total. The number of nitrogens with zero attached hydrogens (tertiary/aromatic N) is 4. The number of hydrogen-bond acceptors (Lipinski definition) is 8. The quantitative estimate of drug-likeness (QED) is 0.414. The van der Waals surface area contributed by atoms with Crippen molar-refractivity contribution in [3.05, 3.63) is 81.8 Å². The number of rotatable bonds is 8. The second-order valence-electron chi connectivity index (χ2n) is 9.76. The van der Waals surface area contributed by atoms with E-state index in [1.807, 2.05) is 23.6 Å². The Kier molecular flexibility index (Phi) is 7.76. The van der Waals surface area contributed by atoms with Gasteiger partial charge >= 0.3 is 0 Å². The molecule has 0 radical (unpaired) electrons. The smallest absolute Gasteiger partial charge is 0.264 e. The molecule has 2 aromatic carbocycles. The van der Waals surface area contributed by atoms with Gasteiger partial charge < -0.3 is 19.1 Å². The first-order chi connectivity index (χ1) is 19.6. The summed E-state index contributed by atoms with van der Waals surface area (Å²) in [5.74, 6) is 0.268. The molecular weight excluding hydrogens is 535 g/mol. The lowest BCUT2D eigenvalue weighted by molar-refractivity contribution is -0.133. The number of amides is 2. The average molecular weight is 565 g/mol. The van der Waals surface area contributed by atoms with Gasteiger partial charge in [0.15, 0.2) is 11.5 Å². The van der Waals surface area contributed by atoms with Crippen molar-refractivity contribution in [2.45, 2.75) is 12.5 Å². The zero-order chi connectivity index (χ0) is 27.5. The summed E-state index contributed by atoms with van der Waals surface area (Å²) in [5, 5.41) is 7.86. The highest BCUT2D eigenvalue weighted by molar-refractivity contribution is 7.12. The van der Waals surface area contributed by atoms with Crippen molar-refractivity contribution >= 4 is 28.9 Å². The Morgan fingerprint density at radius 3 is 2.67 bits per heavy atom. The Morgan fingerprint density at radius 1 is 1.05 bits per heavy atom. The number of carbonyl (C=O) groups is 2. The zero-order valence-corrected chi connectivity index (χ0v) is 22.6. The first-order valence-electron chi connectivity index (χ1n) is 13.2. The number of morpholine rings is 1. The molecule has 0 aliphatic carbocycles. The molecule has 1 fully saturated rings. The Morgan fingerprint density at radius 2 is 1.88 bits per heavy atom. The highest BCUT2D eigenvalue weighted by Crippen LogP contribution is 2.39. The molecule has 4 heterocycles. The number of thiophene rings is 1. The summed E-state index contributed by atoms with van der Waals surface area (Å²) in [7, 11) is 0. The molecule has 208 valence electrons. The van der Waals surface area contributed by atoms with Crippen LogP contribution in [0.4, 0.5) is 4.39 Å². The molecule has 1 saturated heterocycles. The summed E-state index contributed by atoms with van der Waals surface area (Å²) in [6, 6.07) is 15.0. The van der Waals surface area contributed by atoms with Crippen molar-refractivity contribution in [2.24, 2.45) is 5.10 Å². The molecule has 3 aromatic rings. The predicted molar refractivity (Wildman–Crippen MR) is 147 cm³/mol. The van der Waals surface area contributed by atoms with Gasteiger partial charge in [0.05, 0.1) is 29.8 Å². The minimum atomic E-state index is -0.491. The van der Waals surface area contributed by atoms with Crippen LogP contribution in [0.15, 0.2) is 65.1 Å². The van der Waals surface area contributed by atoms with Gasteiger partial charge in [-0.1, -0.05) is 30.3 Å². The fourth-order valence-electron chi connectivity index (χ4n) is 5.11. The van der Waals surface area contributed by atoms with Crippen LogP contribution in [0.5, 0.6) is 11.5 Å². The van der Waals surface area contributed by atoms with Crippen LogP contribution in [0.2, 0.25) is 0 Å². The maximum absolute atomic E-state index is 14.7. The molecule has 6 rings (SSSR count). The fourth-order valence-corrected chi connectivity index (χ4v) is 5.80. The topological polar surface area (TPSA) is 83.9 Å². The molecule has 3 aliphatic rings. The molecule has 40 heavy (non-hydrogen) atoms. The van der Waals surface area contributed by atoms with Crippen molar-refractivity contribution in [1.82, 2.24) is 14.8 Å². The summed E-state index contributed by atoms with van der Waals surface area (Å²) in [5.41, 5.74) is 1.61. The third-order valence-electron chi connectivity index (χ3n) is 7.27. The van der Waals surface area contributed by atoms with E-state index in [2.05, 4.69) is 10.0 Å². The zero-order valence-electron chi connectivity index (χ0n) is 21.8. The molecule has 0 bridgehead atoms. The van der Waals surface area contributed by atoms with Crippen molar-refractivity contribution in [3.8, 4) is 11.5 Å². The number of hydrazone groups is 1. The van der Waals surface area contributed by atoms with E-state index in [0.29, 0.717) is 60.4 Å². The Labute approximate surface area is 235 Å². The largest absolute Gasteiger partial charge is 0.454 e. The predicted octanol–water partition coefficient (Wildman–Crippen LogP) is 3.77. The Bertz CT molecular complexity index is 1410. The highest BCUT2D eigenvalue weighted by atomic mass is 32.1. The van der Waals surface area contributed by atoms with Crippen LogP contribution in [0.3, 0.4) is 0 Å². The standard InChI is InChI=1S/C29H29FN4O5S/c30-22-5-2-1-4-21(22)23-17-24(20-7-8-25-26(16-20)39-19-38-25)34(31-23)28(35)18-33(29(36)27-6-3-15-40-27)10-9-32-11-13-37-14-12-32/h1-8,15-16,24H,9-14,17-19H2/t24-/m0/s1. The van der Waals surface area contributed by atoms with Crippen molar-refractivity contribution in [3.63, 3.8) is 0 Å². The SMILES string of the molecule is O=C(c1cccs1)N(CCN1CCOCC1)CC(=O)N1N=C(c2ccccc2F)C[C@H]1c1ccc2c(c1)OCO2. The normalized spacial score (nSPS) is 18.6. The van der Waals surface area contributed by atoms with Gasteiger partial charge in [-0.15, -0.1) is 11.3 Å². The van der Waals surface area contributed by atoms with Crippen LogP contribution < -0.4 is 9.47 Å². The van der Waals surface area contributed by atoms with E-state index in [1.54, 1.807) is 35.2 Å². The minimum Gasteiger partial charge on any atom is -0.454 e. The van der Waals surface area contributed by atoms with Crippen molar-refractivity contribution in [2.75, 3.05) is 52.7 Å². The first-order valence-corrected chi connectivity index (χ1v) is 14.1. The van der Waals surface area contributed by atoms with Crippen LogP contribution in [0, 0.1) is 5.82 Å². The van der Waals surface area contributed by atoms with Crippen LogP contribution >= 0.6 is 11.3 Å². The monoisotopic (exact) mass is 564 g/mol. The molecule has 0 saturated carbocycles. The molecule has 11 heteroatoms. The molecular formula is C29H29FN4O5S. The van der Waals surface area contributed by atoms with E-state index >= 15 is 0 Å².